The highest BCUT2D eigenvalue weighted by molar-refractivity contribution is 6.01. The molecule has 0 saturated carbocycles. The maximum Gasteiger partial charge on any atom is 0.0726 e. The molecule has 354 valence electrons. The highest BCUT2D eigenvalue weighted by atomic mass is 15.1. The second kappa shape index (κ2) is 15.9. The Morgan fingerprint density at radius 3 is 1.19 bits per heavy atom. The minimum Gasteiger partial charge on any atom is -0.310 e. The van der Waals surface area contributed by atoms with Gasteiger partial charge in [0.25, 0.3) is 0 Å². The van der Waals surface area contributed by atoms with Crippen molar-refractivity contribution in [2.45, 2.75) is 108 Å². The Balaban J connectivity index is 1.12. The van der Waals surface area contributed by atoms with Crippen LogP contribution in [0.15, 0.2) is 200 Å². The molecule has 1 heteroatoms. The molecule has 4 aliphatic rings. The summed E-state index contributed by atoms with van der Waals surface area (Å²) in [6.07, 6.45) is 4.66. The Kier molecular flexibility index (Phi) is 9.86. The van der Waals surface area contributed by atoms with Gasteiger partial charge in [-0.25, -0.2) is 0 Å². The van der Waals surface area contributed by atoms with Crippen molar-refractivity contribution in [3.05, 3.63) is 245 Å². The normalized spacial score (nSPS) is 17.5. The molecule has 0 bridgehead atoms. The standard InChI is InChI=1S/C71H65N/c1-67(2)40-42-69(5,6)65-51(25-18-30-61(65)67)48-34-38-50(39-35-48)72(49-36-32-47(33-37-49)46-20-10-9-11-21-46)64-45-63-56(44-57(64)55-26-19-31-62-66(55)70(7,8)43-41-68(62,3)4)54-24-14-17-29-60(54)71(63)58-27-15-12-22-52(58)53-23-13-16-28-59(53)71/h9-39,44-45H,40-43H2,1-8H3. The summed E-state index contributed by atoms with van der Waals surface area (Å²) in [6.45, 7) is 19.6. The Bertz CT molecular complexity index is 3570. The monoisotopic (exact) mass is 932 g/mol. The predicted molar refractivity (Wildman–Crippen MR) is 304 cm³/mol. The molecule has 0 aromatic heterocycles. The molecule has 0 radical (unpaired) electrons. The van der Waals surface area contributed by atoms with Gasteiger partial charge in [0.2, 0.25) is 0 Å². The van der Waals surface area contributed by atoms with Crippen molar-refractivity contribution in [2.75, 3.05) is 4.90 Å². The number of anilines is 3. The van der Waals surface area contributed by atoms with Crippen molar-refractivity contribution in [1.82, 2.24) is 0 Å². The minimum absolute atomic E-state index is 0.0266. The molecule has 0 N–H and O–H groups in total. The van der Waals surface area contributed by atoms with E-state index in [0.29, 0.717) is 0 Å². The summed E-state index contributed by atoms with van der Waals surface area (Å²) in [6, 6.07) is 76.9. The fourth-order valence-electron chi connectivity index (χ4n) is 14.1. The first kappa shape index (κ1) is 44.7. The van der Waals surface area contributed by atoms with Gasteiger partial charge in [-0.3, -0.25) is 0 Å². The highest BCUT2D eigenvalue weighted by Gasteiger charge is 2.52. The SMILES string of the molecule is CC1(C)CCC(C)(C)c2c(-c3ccc(N(c4ccc(-c5ccccc5)cc4)c4cc5c(cc4-c4cccc6c4C(C)(C)CCC6(C)C)-c4ccccc4C54c5ccccc5-c5ccccc54)cc3)cccc21. The zero-order chi connectivity index (χ0) is 49.4. The van der Waals surface area contributed by atoms with Gasteiger partial charge in [0.15, 0.2) is 0 Å². The quantitative estimate of drug-likeness (QED) is 0.161. The van der Waals surface area contributed by atoms with Crippen LogP contribution in [-0.2, 0) is 27.1 Å². The molecule has 0 saturated heterocycles. The maximum absolute atomic E-state index is 2.63. The molecule has 72 heavy (non-hydrogen) atoms. The lowest BCUT2D eigenvalue weighted by Crippen LogP contribution is -2.34. The van der Waals surface area contributed by atoms with E-state index in [9.17, 15) is 0 Å². The number of rotatable bonds is 6. The third-order valence-electron chi connectivity index (χ3n) is 18.0. The molecule has 13 rings (SSSR count). The van der Waals surface area contributed by atoms with Crippen LogP contribution in [0.5, 0.6) is 0 Å². The lowest BCUT2D eigenvalue weighted by molar-refractivity contribution is 0.333. The largest absolute Gasteiger partial charge is 0.310 e. The molecular formula is C71H65N. The van der Waals surface area contributed by atoms with Crippen LogP contribution in [0.2, 0.25) is 0 Å². The third-order valence-corrected chi connectivity index (χ3v) is 18.0. The van der Waals surface area contributed by atoms with E-state index in [4.69, 9.17) is 0 Å². The van der Waals surface area contributed by atoms with E-state index >= 15 is 0 Å². The van der Waals surface area contributed by atoms with E-state index in [1.165, 1.54) is 119 Å². The highest BCUT2D eigenvalue weighted by Crippen LogP contribution is 2.65. The van der Waals surface area contributed by atoms with Gasteiger partial charge in [0.05, 0.1) is 11.1 Å². The van der Waals surface area contributed by atoms with Crippen LogP contribution in [0.25, 0.3) is 55.6 Å². The van der Waals surface area contributed by atoms with E-state index < -0.39 is 5.41 Å². The van der Waals surface area contributed by atoms with Gasteiger partial charge >= 0.3 is 0 Å². The summed E-state index contributed by atoms with van der Waals surface area (Å²) in [5.41, 5.74) is 27.5. The van der Waals surface area contributed by atoms with Crippen molar-refractivity contribution in [2.24, 2.45) is 0 Å². The van der Waals surface area contributed by atoms with Gasteiger partial charge < -0.3 is 4.90 Å². The Labute approximate surface area is 428 Å². The van der Waals surface area contributed by atoms with Crippen molar-refractivity contribution in [3.63, 3.8) is 0 Å². The summed E-state index contributed by atoms with van der Waals surface area (Å²) < 4.78 is 0. The molecule has 0 unspecified atom stereocenters. The number of nitrogens with zero attached hydrogens (tertiary/aromatic N) is 1. The fourth-order valence-corrected chi connectivity index (χ4v) is 14.1. The van der Waals surface area contributed by atoms with Gasteiger partial charge in [-0.2, -0.15) is 0 Å². The first-order valence-electron chi connectivity index (χ1n) is 26.5. The van der Waals surface area contributed by atoms with Crippen LogP contribution in [0.1, 0.15) is 126 Å². The van der Waals surface area contributed by atoms with Gasteiger partial charge in [0.1, 0.15) is 0 Å². The van der Waals surface area contributed by atoms with E-state index in [-0.39, 0.29) is 21.7 Å². The molecule has 0 fully saturated rings. The van der Waals surface area contributed by atoms with Crippen molar-refractivity contribution >= 4 is 17.1 Å². The van der Waals surface area contributed by atoms with Crippen LogP contribution in [0.3, 0.4) is 0 Å². The third kappa shape index (κ3) is 6.51. The number of hydrogen-bond acceptors (Lipinski definition) is 1. The molecule has 1 spiro atoms. The van der Waals surface area contributed by atoms with Crippen LogP contribution in [-0.4, -0.2) is 0 Å². The van der Waals surface area contributed by atoms with Crippen LogP contribution < -0.4 is 4.90 Å². The van der Waals surface area contributed by atoms with Crippen molar-refractivity contribution < 1.29 is 0 Å². The molecule has 1 nitrogen and oxygen atoms in total. The average Bonchev–Trinajstić information content (AvgIpc) is 3.86. The van der Waals surface area contributed by atoms with E-state index in [0.717, 1.165) is 24.2 Å². The van der Waals surface area contributed by atoms with Gasteiger partial charge in [-0.15, -0.1) is 0 Å². The van der Waals surface area contributed by atoms with Gasteiger partial charge in [0, 0.05) is 16.9 Å². The molecule has 9 aromatic carbocycles. The lowest BCUT2D eigenvalue weighted by Gasteiger charge is -2.43. The molecular weight excluding hydrogens is 867 g/mol. The Morgan fingerprint density at radius 1 is 0.278 bits per heavy atom. The fraction of sp³-hybridized carbons (Fsp3) is 0.239. The van der Waals surface area contributed by atoms with Gasteiger partial charge in [-0.1, -0.05) is 219 Å². The summed E-state index contributed by atoms with van der Waals surface area (Å²) in [5, 5.41) is 0. The van der Waals surface area contributed by atoms with E-state index in [2.05, 4.69) is 260 Å². The van der Waals surface area contributed by atoms with Crippen molar-refractivity contribution in [3.8, 4) is 55.6 Å². The Morgan fingerprint density at radius 2 is 0.667 bits per heavy atom. The zero-order valence-electron chi connectivity index (χ0n) is 43.3. The molecule has 9 aromatic rings. The lowest BCUT2D eigenvalue weighted by atomic mass is 9.61. The smallest absolute Gasteiger partial charge is 0.0726 e. The topological polar surface area (TPSA) is 3.24 Å². The number of fused-ring (bicyclic) bond motifs is 12. The Hall–Kier alpha value is -7.22. The second-order valence-corrected chi connectivity index (χ2v) is 24.1. The van der Waals surface area contributed by atoms with Crippen LogP contribution in [0, 0.1) is 0 Å². The second-order valence-electron chi connectivity index (χ2n) is 24.1. The molecule has 0 atom stereocenters. The van der Waals surface area contributed by atoms with Crippen LogP contribution in [0.4, 0.5) is 17.1 Å². The molecule has 0 aliphatic heterocycles. The summed E-state index contributed by atoms with van der Waals surface area (Å²) in [4.78, 5) is 2.59. The van der Waals surface area contributed by atoms with E-state index in [1.54, 1.807) is 0 Å². The number of benzene rings is 9. The predicted octanol–water partition coefficient (Wildman–Crippen LogP) is 19.2. The first-order valence-corrected chi connectivity index (χ1v) is 26.5. The molecule has 0 amide bonds. The van der Waals surface area contributed by atoms with Crippen LogP contribution >= 0.6 is 0 Å². The van der Waals surface area contributed by atoms with Gasteiger partial charge in [-0.05, 0) is 178 Å². The summed E-state index contributed by atoms with van der Waals surface area (Å²) >= 11 is 0. The molecule has 0 heterocycles. The minimum atomic E-state index is -0.497. The first-order chi connectivity index (χ1) is 34.7. The molecule has 4 aliphatic carbocycles. The average molecular weight is 932 g/mol. The van der Waals surface area contributed by atoms with Crippen molar-refractivity contribution in [1.29, 1.82) is 0 Å². The number of hydrogen-bond donors (Lipinski definition) is 0. The zero-order valence-corrected chi connectivity index (χ0v) is 43.3. The summed E-state index contributed by atoms with van der Waals surface area (Å²) in [7, 11) is 0. The summed E-state index contributed by atoms with van der Waals surface area (Å²) in [5.74, 6) is 0. The maximum atomic E-state index is 2.63. The van der Waals surface area contributed by atoms with E-state index in [1.807, 2.05) is 0 Å².